The van der Waals surface area contributed by atoms with Crippen molar-refractivity contribution in [3.63, 3.8) is 0 Å². The maximum atomic E-state index is 12.6. The number of benzene rings is 2. The molecule has 0 spiro atoms. The molecule has 0 aliphatic heterocycles. The molecule has 3 aromatic rings. The van der Waals surface area contributed by atoms with E-state index in [1.54, 1.807) is 4.57 Å². The molecule has 2 amide bonds. The number of halogens is 3. The molecule has 0 bridgehead atoms. The Kier molecular flexibility index (Phi) is 7.75. The summed E-state index contributed by atoms with van der Waals surface area (Å²) in [6.45, 7) is 4.33. The lowest BCUT2D eigenvalue weighted by Crippen LogP contribution is -2.18. The molecule has 0 saturated heterocycles. The van der Waals surface area contributed by atoms with Crippen LogP contribution in [0.4, 0.5) is 24.5 Å². The van der Waals surface area contributed by atoms with E-state index in [1.165, 1.54) is 12.1 Å². The fraction of sp³-hybridized carbons (Fsp3) is 0.273. The second-order valence-electron chi connectivity index (χ2n) is 7.15. The zero-order chi connectivity index (χ0) is 24.0. The minimum Gasteiger partial charge on any atom is -0.326 e. The molecular weight excluding hydrogens is 455 g/mol. The molecule has 0 fully saturated rings. The molecule has 0 radical (unpaired) electrons. The Labute approximate surface area is 192 Å². The third-order valence-corrected chi connectivity index (χ3v) is 5.56. The van der Waals surface area contributed by atoms with Crippen molar-refractivity contribution >= 4 is 35.0 Å². The number of aryl methyl sites for hydroxylation is 1. The van der Waals surface area contributed by atoms with Gasteiger partial charge in [-0.1, -0.05) is 29.5 Å². The van der Waals surface area contributed by atoms with Crippen molar-refractivity contribution < 1.29 is 22.8 Å². The molecule has 2 aromatic carbocycles. The van der Waals surface area contributed by atoms with Gasteiger partial charge >= 0.3 is 6.18 Å². The van der Waals surface area contributed by atoms with E-state index in [4.69, 9.17) is 0 Å². The topological polar surface area (TPSA) is 88.9 Å². The zero-order valence-electron chi connectivity index (χ0n) is 17.9. The van der Waals surface area contributed by atoms with Gasteiger partial charge in [-0.3, -0.25) is 9.59 Å². The Morgan fingerprint density at radius 2 is 1.52 bits per heavy atom. The number of aromatic nitrogens is 3. The van der Waals surface area contributed by atoms with Gasteiger partial charge in [0.05, 0.1) is 17.7 Å². The molecule has 0 aliphatic carbocycles. The number of rotatable bonds is 8. The smallest absolute Gasteiger partial charge is 0.326 e. The number of alkyl halides is 3. The molecule has 2 N–H and O–H groups in total. The van der Waals surface area contributed by atoms with Gasteiger partial charge in [-0.2, -0.15) is 13.2 Å². The van der Waals surface area contributed by atoms with Gasteiger partial charge in [-0.25, -0.2) is 0 Å². The Hall–Kier alpha value is -3.34. The summed E-state index contributed by atoms with van der Waals surface area (Å²) in [6.07, 6.45) is -4.41. The highest BCUT2D eigenvalue weighted by atomic mass is 32.2. The van der Waals surface area contributed by atoms with Crippen LogP contribution in [0.3, 0.4) is 0 Å². The number of nitrogens with zero attached hydrogens (tertiary/aromatic N) is 3. The van der Waals surface area contributed by atoms with E-state index in [9.17, 15) is 22.8 Å². The van der Waals surface area contributed by atoms with Crippen LogP contribution < -0.4 is 10.6 Å². The minimum absolute atomic E-state index is 0.0191. The van der Waals surface area contributed by atoms with E-state index in [0.717, 1.165) is 29.5 Å². The van der Waals surface area contributed by atoms with E-state index in [-0.39, 0.29) is 23.8 Å². The summed E-state index contributed by atoms with van der Waals surface area (Å²) in [5.74, 6) is -0.191. The summed E-state index contributed by atoms with van der Waals surface area (Å²) in [7, 11) is 0. The number of nitrogens with one attached hydrogen (secondary N) is 2. The highest BCUT2D eigenvalue weighted by Crippen LogP contribution is 2.30. The quantitative estimate of drug-likeness (QED) is 0.465. The van der Waals surface area contributed by atoms with Crippen LogP contribution in [0.2, 0.25) is 0 Å². The van der Waals surface area contributed by atoms with Crippen molar-refractivity contribution in [2.45, 2.75) is 38.1 Å². The lowest BCUT2D eigenvalue weighted by atomic mass is 10.2. The Balaban J connectivity index is 1.55. The van der Waals surface area contributed by atoms with Crippen LogP contribution in [0.5, 0.6) is 0 Å². The minimum atomic E-state index is -4.43. The fourth-order valence-electron chi connectivity index (χ4n) is 2.93. The van der Waals surface area contributed by atoms with E-state index >= 15 is 0 Å². The first-order valence-corrected chi connectivity index (χ1v) is 11.0. The molecule has 3 rings (SSSR count). The summed E-state index contributed by atoms with van der Waals surface area (Å²) in [5, 5.41) is 14.0. The molecule has 0 saturated carbocycles. The molecule has 11 heteroatoms. The fourth-order valence-corrected chi connectivity index (χ4v) is 3.75. The normalized spacial score (nSPS) is 11.3. The number of hydrogen-bond donors (Lipinski definition) is 2. The SMILES string of the molecule is CCn1c(CC(=O)Nc2ccc(C)cc2)nnc1SCC(=O)Nc1ccc(C(F)(F)F)cc1. The van der Waals surface area contributed by atoms with Crippen LogP contribution in [-0.2, 0) is 28.7 Å². The van der Waals surface area contributed by atoms with E-state index < -0.39 is 17.6 Å². The first kappa shape index (κ1) is 24.3. The predicted molar refractivity (Wildman–Crippen MR) is 120 cm³/mol. The highest BCUT2D eigenvalue weighted by Gasteiger charge is 2.30. The van der Waals surface area contributed by atoms with E-state index in [1.807, 2.05) is 38.1 Å². The number of carbonyl (C=O) groups excluding carboxylic acids is 2. The number of hydrogen-bond acceptors (Lipinski definition) is 5. The van der Waals surface area contributed by atoms with Crippen molar-refractivity contribution in [2.75, 3.05) is 16.4 Å². The van der Waals surface area contributed by atoms with Crippen LogP contribution in [-0.4, -0.2) is 32.3 Å². The average Bonchev–Trinajstić information content (AvgIpc) is 3.15. The molecular formula is C22H22F3N5O2S. The van der Waals surface area contributed by atoms with Crippen molar-refractivity contribution in [1.82, 2.24) is 14.8 Å². The van der Waals surface area contributed by atoms with Gasteiger partial charge in [0, 0.05) is 17.9 Å². The van der Waals surface area contributed by atoms with Crippen LogP contribution in [0, 0.1) is 6.92 Å². The number of thioether (sulfide) groups is 1. The van der Waals surface area contributed by atoms with Crippen LogP contribution in [0.25, 0.3) is 0 Å². The summed E-state index contributed by atoms with van der Waals surface area (Å²) in [4.78, 5) is 24.6. The maximum Gasteiger partial charge on any atom is 0.416 e. The number of carbonyl (C=O) groups is 2. The van der Waals surface area contributed by atoms with Gasteiger partial charge in [0.1, 0.15) is 5.82 Å². The Morgan fingerprint density at radius 3 is 2.09 bits per heavy atom. The predicted octanol–water partition coefficient (Wildman–Crippen LogP) is 4.54. The summed E-state index contributed by atoms with van der Waals surface area (Å²) in [6, 6.07) is 11.6. The first-order valence-electron chi connectivity index (χ1n) is 10.0. The summed E-state index contributed by atoms with van der Waals surface area (Å²) < 4.78 is 39.6. The third-order valence-electron chi connectivity index (χ3n) is 4.59. The Bertz CT molecular complexity index is 1110. The molecule has 33 heavy (non-hydrogen) atoms. The maximum absolute atomic E-state index is 12.6. The van der Waals surface area contributed by atoms with Crippen molar-refractivity contribution in [1.29, 1.82) is 0 Å². The second-order valence-corrected chi connectivity index (χ2v) is 8.09. The van der Waals surface area contributed by atoms with Crippen LogP contribution >= 0.6 is 11.8 Å². The lowest BCUT2D eigenvalue weighted by molar-refractivity contribution is -0.137. The third kappa shape index (κ3) is 6.82. The number of anilines is 2. The number of amides is 2. The van der Waals surface area contributed by atoms with Gasteiger partial charge in [-0.05, 0) is 50.2 Å². The van der Waals surface area contributed by atoms with Crippen LogP contribution in [0.1, 0.15) is 23.9 Å². The monoisotopic (exact) mass is 477 g/mol. The summed E-state index contributed by atoms with van der Waals surface area (Å²) >= 11 is 1.13. The van der Waals surface area contributed by atoms with Crippen molar-refractivity contribution in [2.24, 2.45) is 0 Å². The second kappa shape index (κ2) is 10.5. The van der Waals surface area contributed by atoms with Gasteiger partial charge in [-0.15, -0.1) is 10.2 Å². The molecule has 0 unspecified atom stereocenters. The summed E-state index contributed by atoms with van der Waals surface area (Å²) in [5.41, 5.74) is 1.24. The molecule has 0 atom stereocenters. The average molecular weight is 478 g/mol. The lowest BCUT2D eigenvalue weighted by Gasteiger charge is -2.09. The largest absolute Gasteiger partial charge is 0.416 e. The molecule has 1 heterocycles. The first-order chi connectivity index (χ1) is 15.7. The highest BCUT2D eigenvalue weighted by molar-refractivity contribution is 7.99. The van der Waals surface area contributed by atoms with Crippen molar-refractivity contribution in [3.8, 4) is 0 Å². The Morgan fingerprint density at radius 1 is 0.939 bits per heavy atom. The van der Waals surface area contributed by atoms with Crippen molar-refractivity contribution in [3.05, 3.63) is 65.5 Å². The van der Waals surface area contributed by atoms with Gasteiger partial charge in [0.2, 0.25) is 11.8 Å². The standard InChI is InChI=1S/C22H22F3N5O2S/c1-3-30-18(12-19(31)26-16-8-4-14(2)5-9-16)28-29-21(30)33-13-20(32)27-17-10-6-15(7-11-17)22(23,24)25/h4-11H,3,12-13H2,1-2H3,(H,26,31)(H,27,32). The molecule has 0 aliphatic rings. The van der Waals surface area contributed by atoms with Gasteiger partial charge in [0.15, 0.2) is 5.16 Å². The molecule has 1 aromatic heterocycles. The molecule has 174 valence electrons. The van der Waals surface area contributed by atoms with Gasteiger partial charge in [0.25, 0.3) is 0 Å². The van der Waals surface area contributed by atoms with E-state index in [2.05, 4.69) is 20.8 Å². The zero-order valence-corrected chi connectivity index (χ0v) is 18.8. The van der Waals surface area contributed by atoms with E-state index in [0.29, 0.717) is 23.2 Å². The van der Waals surface area contributed by atoms with Gasteiger partial charge < -0.3 is 15.2 Å². The molecule has 7 nitrogen and oxygen atoms in total. The van der Waals surface area contributed by atoms with Crippen LogP contribution in [0.15, 0.2) is 53.7 Å².